The number of esters is 1. The quantitative estimate of drug-likeness (QED) is 0.654. The van der Waals surface area contributed by atoms with E-state index in [1.54, 1.807) is 13.0 Å². The molecule has 4 heteroatoms. The van der Waals surface area contributed by atoms with E-state index in [0.717, 1.165) is 3.70 Å². The molecule has 0 radical (unpaired) electrons. The lowest BCUT2D eigenvalue weighted by atomic mass is 10.4. The van der Waals surface area contributed by atoms with Gasteiger partial charge in [-0.25, -0.2) is 4.79 Å². The van der Waals surface area contributed by atoms with Crippen molar-refractivity contribution in [3.63, 3.8) is 0 Å². The summed E-state index contributed by atoms with van der Waals surface area (Å²) in [5.74, 6) is -0.296. The maximum absolute atomic E-state index is 11.0. The third-order valence-electron chi connectivity index (χ3n) is 1.15. The van der Waals surface area contributed by atoms with Crippen LogP contribution < -0.4 is 0 Å². The van der Waals surface area contributed by atoms with Gasteiger partial charge in [0.1, 0.15) is 5.69 Å². The van der Waals surface area contributed by atoms with E-state index < -0.39 is 0 Å². The Balaban J connectivity index is 2.69. The summed E-state index contributed by atoms with van der Waals surface area (Å²) in [5, 5.41) is 0. The minimum Gasteiger partial charge on any atom is -0.461 e. The molecule has 0 bridgehead atoms. The van der Waals surface area contributed by atoms with E-state index >= 15 is 0 Å². The lowest BCUT2D eigenvalue weighted by molar-refractivity contribution is 0.0520. The van der Waals surface area contributed by atoms with Crippen molar-refractivity contribution in [1.29, 1.82) is 0 Å². The Kier molecular flexibility index (Phi) is 2.92. The Hall–Kier alpha value is -0.520. The average Bonchev–Trinajstić information content (AvgIpc) is 2.36. The van der Waals surface area contributed by atoms with E-state index in [1.165, 1.54) is 0 Å². The summed E-state index contributed by atoms with van der Waals surface area (Å²) in [7, 11) is 0. The molecule has 0 atom stereocenters. The van der Waals surface area contributed by atoms with Crippen LogP contribution in [0.4, 0.5) is 0 Å². The summed E-state index contributed by atoms with van der Waals surface area (Å²) in [6.07, 6.45) is 0. The van der Waals surface area contributed by atoms with Crippen LogP contribution in [0.15, 0.2) is 12.1 Å². The molecule has 0 aliphatic rings. The van der Waals surface area contributed by atoms with Gasteiger partial charge in [0.2, 0.25) is 0 Å². The topological polar surface area (TPSA) is 42.1 Å². The van der Waals surface area contributed by atoms with Crippen molar-refractivity contribution in [1.82, 2.24) is 4.98 Å². The number of aromatic amines is 1. The monoisotopic (exact) mass is 265 g/mol. The number of aromatic nitrogens is 1. The van der Waals surface area contributed by atoms with E-state index in [9.17, 15) is 4.79 Å². The summed E-state index contributed by atoms with van der Waals surface area (Å²) in [4.78, 5) is 13.9. The minimum atomic E-state index is -0.296. The Labute approximate surface area is 78.3 Å². The second-order valence-corrected chi connectivity index (χ2v) is 3.10. The van der Waals surface area contributed by atoms with Gasteiger partial charge in [-0.1, -0.05) is 0 Å². The smallest absolute Gasteiger partial charge is 0.354 e. The molecule has 11 heavy (non-hydrogen) atoms. The molecule has 0 aliphatic carbocycles. The molecule has 0 aliphatic heterocycles. The van der Waals surface area contributed by atoms with Gasteiger partial charge in [-0.15, -0.1) is 0 Å². The molecule has 1 rings (SSSR count). The predicted molar refractivity (Wildman–Crippen MR) is 49.5 cm³/mol. The number of ether oxygens (including phenoxy) is 1. The second kappa shape index (κ2) is 3.75. The van der Waals surface area contributed by atoms with Gasteiger partial charge in [0.15, 0.2) is 0 Å². The molecular formula is C7H8INO2. The maximum Gasteiger partial charge on any atom is 0.354 e. The highest BCUT2D eigenvalue weighted by molar-refractivity contribution is 14.1. The molecule has 1 aromatic rings. The standard InChI is InChI=1S/C7H8INO2/c1-2-11-7(10)5-3-4-6(8)9-5/h3-4,9H,2H2,1H3. The zero-order valence-electron chi connectivity index (χ0n) is 6.06. The molecule has 3 nitrogen and oxygen atoms in total. The highest BCUT2D eigenvalue weighted by atomic mass is 127. The van der Waals surface area contributed by atoms with Crippen LogP contribution >= 0.6 is 22.6 Å². The highest BCUT2D eigenvalue weighted by Crippen LogP contribution is 2.05. The molecule has 1 aromatic heterocycles. The first-order valence-electron chi connectivity index (χ1n) is 3.25. The van der Waals surface area contributed by atoms with Gasteiger partial charge in [-0.05, 0) is 41.6 Å². The molecule has 0 fully saturated rings. The highest BCUT2D eigenvalue weighted by Gasteiger charge is 2.06. The van der Waals surface area contributed by atoms with Gasteiger partial charge < -0.3 is 9.72 Å². The Morgan fingerprint density at radius 1 is 1.73 bits per heavy atom. The third-order valence-corrected chi connectivity index (χ3v) is 1.78. The summed E-state index contributed by atoms with van der Waals surface area (Å²) in [6.45, 7) is 2.19. The number of carbonyl (C=O) groups is 1. The van der Waals surface area contributed by atoms with Gasteiger partial charge in [-0.2, -0.15) is 0 Å². The molecule has 0 saturated carbocycles. The van der Waals surface area contributed by atoms with E-state index in [1.807, 2.05) is 6.07 Å². The fourth-order valence-corrected chi connectivity index (χ4v) is 1.17. The van der Waals surface area contributed by atoms with Gasteiger partial charge in [0.25, 0.3) is 0 Å². The lowest BCUT2D eigenvalue weighted by Gasteiger charge is -1.96. The molecule has 0 saturated heterocycles. The van der Waals surface area contributed by atoms with Crippen LogP contribution in [0.3, 0.4) is 0 Å². The number of H-pyrrole nitrogens is 1. The normalized spacial score (nSPS) is 9.64. The third kappa shape index (κ3) is 2.21. The van der Waals surface area contributed by atoms with Crippen molar-refractivity contribution in [2.75, 3.05) is 6.61 Å². The molecule has 1 N–H and O–H groups in total. The van der Waals surface area contributed by atoms with Crippen LogP contribution in [-0.2, 0) is 4.74 Å². The first-order chi connectivity index (χ1) is 5.24. The van der Waals surface area contributed by atoms with Crippen LogP contribution in [0.1, 0.15) is 17.4 Å². The molecular weight excluding hydrogens is 257 g/mol. The summed E-state index contributed by atoms with van der Waals surface area (Å²) < 4.78 is 5.70. The summed E-state index contributed by atoms with van der Waals surface area (Å²) >= 11 is 2.10. The van der Waals surface area contributed by atoms with Gasteiger partial charge >= 0.3 is 5.97 Å². The van der Waals surface area contributed by atoms with Crippen molar-refractivity contribution in [2.45, 2.75) is 6.92 Å². The molecule has 60 valence electrons. The first-order valence-corrected chi connectivity index (χ1v) is 4.33. The van der Waals surface area contributed by atoms with E-state index in [2.05, 4.69) is 27.6 Å². The zero-order valence-corrected chi connectivity index (χ0v) is 8.21. The predicted octanol–water partition coefficient (Wildman–Crippen LogP) is 1.80. The number of rotatable bonds is 2. The minimum absolute atomic E-state index is 0.296. The molecule has 0 spiro atoms. The van der Waals surface area contributed by atoms with Crippen LogP contribution in [0, 0.1) is 3.70 Å². The van der Waals surface area contributed by atoms with Gasteiger partial charge in [0.05, 0.1) is 10.3 Å². The SMILES string of the molecule is CCOC(=O)c1ccc(I)[nH]1. The Morgan fingerprint density at radius 2 is 2.45 bits per heavy atom. The van der Waals surface area contributed by atoms with Gasteiger partial charge in [-0.3, -0.25) is 0 Å². The van der Waals surface area contributed by atoms with Crippen LogP contribution in [-0.4, -0.2) is 17.6 Å². The van der Waals surface area contributed by atoms with Crippen molar-refractivity contribution in [3.8, 4) is 0 Å². The average molecular weight is 265 g/mol. The van der Waals surface area contributed by atoms with Crippen molar-refractivity contribution >= 4 is 28.6 Å². The molecule has 1 heterocycles. The molecule has 0 amide bonds. The maximum atomic E-state index is 11.0. The Bertz CT molecular complexity index is 257. The largest absolute Gasteiger partial charge is 0.461 e. The fourth-order valence-electron chi connectivity index (χ4n) is 0.696. The fraction of sp³-hybridized carbons (Fsp3) is 0.286. The number of nitrogens with one attached hydrogen (secondary N) is 1. The van der Waals surface area contributed by atoms with E-state index in [4.69, 9.17) is 4.74 Å². The van der Waals surface area contributed by atoms with E-state index in [0.29, 0.717) is 12.3 Å². The summed E-state index contributed by atoms with van der Waals surface area (Å²) in [5.41, 5.74) is 0.510. The summed E-state index contributed by atoms with van der Waals surface area (Å²) in [6, 6.07) is 3.53. The molecule has 0 unspecified atom stereocenters. The zero-order chi connectivity index (χ0) is 8.27. The van der Waals surface area contributed by atoms with Crippen molar-refractivity contribution < 1.29 is 9.53 Å². The van der Waals surface area contributed by atoms with Crippen molar-refractivity contribution in [2.24, 2.45) is 0 Å². The van der Waals surface area contributed by atoms with Crippen LogP contribution in [0.2, 0.25) is 0 Å². The van der Waals surface area contributed by atoms with E-state index in [-0.39, 0.29) is 5.97 Å². The number of halogens is 1. The lowest BCUT2D eigenvalue weighted by Crippen LogP contribution is -2.04. The van der Waals surface area contributed by atoms with Crippen LogP contribution in [0.25, 0.3) is 0 Å². The van der Waals surface area contributed by atoms with Crippen molar-refractivity contribution in [3.05, 3.63) is 21.5 Å². The number of hydrogen-bond acceptors (Lipinski definition) is 2. The second-order valence-electron chi connectivity index (χ2n) is 1.94. The Morgan fingerprint density at radius 3 is 2.91 bits per heavy atom. The van der Waals surface area contributed by atoms with Crippen LogP contribution in [0.5, 0.6) is 0 Å². The molecule has 0 aromatic carbocycles. The first kappa shape index (κ1) is 8.58. The number of hydrogen-bond donors (Lipinski definition) is 1. The van der Waals surface area contributed by atoms with Gasteiger partial charge in [0, 0.05) is 0 Å². The number of carbonyl (C=O) groups excluding carboxylic acids is 1.